The van der Waals surface area contributed by atoms with Gasteiger partial charge in [0.05, 0.1) is 25.0 Å². The molecule has 1 atom stereocenters. The van der Waals surface area contributed by atoms with Crippen LogP contribution in [0.2, 0.25) is 0 Å². The summed E-state index contributed by atoms with van der Waals surface area (Å²) in [5.41, 5.74) is 0.834. The van der Waals surface area contributed by atoms with Crippen molar-refractivity contribution < 1.29 is 14.6 Å². The number of methoxy groups -OCH3 is 1. The van der Waals surface area contributed by atoms with Crippen LogP contribution in [0, 0.1) is 11.3 Å². The molecule has 1 aromatic rings. The molecule has 1 unspecified atom stereocenters. The van der Waals surface area contributed by atoms with Crippen molar-refractivity contribution in [3.8, 4) is 6.07 Å². The van der Waals surface area contributed by atoms with E-state index in [-0.39, 0.29) is 0 Å². The van der Waals surface area contributed by atoms with Gasteiger partial charge in [-0.05, 0) is 28.1 Å². The highest BCUT2D eigenvalue weighted by Gasteiger charge is 2.19. The molecular formula is C11H11BrN2O3. The maximum atomic E-state index is 11.3. The van der Waals surface area contributed by atoms with Gasteiger partial charge in [0.25, 0.3) is 0 Å². The Labute approximate surface area is 107 Å². The van der Waals surface area contributed by atoms with E-state index in [1.807, 2.05) is 6.07 Å². The van der Waals surface area contributed by atoms with Gasteiger partial charge in [-0.1, -0.05) is 6.07 Å². The molecule has 6 heteroatoms. The third-order valence-corrected chi connectivity index (χ3v) is 2.78. The van der Waals surface area contributed by atoms with Crippen LogP contribution in [0.4, 0.5) is 5.69 Å². The van der Waals surface area contributed by atoms with Gasteiger partial charge in [0.1, 0.15) is 12.1 Å². The maximum Gasteiger partial charge on any atom is 0.330 e. The second-order valence-electron chi connectivity index (χ2n) is 3.18. The number of nitrogens with one attached hydrogen (secondary N) is 1. The molecule has 1 rings (SSSR count). The third kappa shape index (κ3) is 3.19. The summed E-state index contributed by atoms with van der Waals surface area (Å²) >= 11 is 3.23. The van der Waals surface area contributed by atoms with Crippen LogP contribution < -0.4 is 5.32 Å². The molecule has 0 saturated carbocycles. The Morgan fingerprint density at radius 1 is 1.71 bits per heavy atom. The number of aliphatic hydroxyl groups is 1. The number of hydrogen-bond acceptors (Lipinski definition) is 5. The Hall–Kier alpha value is -1.58. The Bertz CT molecular complexity index is 457. The molecule has 0 amide bonds. The number of nitrogens with zero attached hydrogens (tertiary/aromatic N) is 1. The minimum absolute atomic E-state index is 0.370. The summed E-state index contributed by atoms with van der Waals surface area (Å²) in [4.78, 5) is 11.3. The molecule has 0 fully saturated rings. The van der Waals surface area contributed by atoms with Crippen molar-refractivity contribution in [3.63, 3.8) is 0 Å². The van der Waals surface area contributed by atoms with Crippen molar-refractivity contribution in [3.05, 3.63) is 28.2 Å². The van der Waals surface area contributed by atoms with Crippen molar-refractivity contribution in [1.29, 1.82) is 5.26 Å². The molecule has 17 heavy (non-hydrogen) atoms. The van der Waals surface area contributed by atoms with E-state index in [1.54, 1.807) is 18.2 Å². The first kappa shape index (κ1) is 13.5. The molecule has 90 valence electrons. The van der Waals surface area contributed by atoms with Gasteiger partial charge in [0, 0.05) is 4.47 Å². The average molecular weight is 299 g/mol. The number of ether oxygens (including phenoxy) is 1. The van der Waals surface area contributed by atoms with Crippen molar-refractivity contribution in [2.45, 2.75) is 6.04 Å². The van der Waals surface area contributed by atoms with E-state index < -0.39 is 18.6 Å². The first-order chi connectivity index (χ1) is 8.13. The van der Waals surface area contributed by atoms with Crippen LogP contribution in [-0.2, 0) is 9.53 Å². The van der Waals surface area contributed by atoms with Crippen LogP contribution in [0.15, 0.2) is 22.7 Å². The first-order valence-corrected chi connectivity index (χ1v) is 5.57. The number of esters is 1. The SMILES string of the molecule is COC(=O)C(CO)Nc1cccc(Br)c1C#N. The molecule has 0 aromatic heterocycles. The molecule has 5 nitrogen and oxygen atoms in total. The van der Waals surface area contributed by atoms with E-state index in [0.29, 0.717) is 15.7 Å². The van der Waals surface area contributed by atoms with Gasteiger partial charge in [-0.15, -0.1) is 0 Å². The van der Waals surface area contributed by atoms with Crippen LogP contribution >= 0.6 is 15.9 Å². The number of aliphatic hydroxyl groups excluding tert-OH is 1. The highest BCUT2D eigenvalue weighted by atomic mass is 79.9. The van der Waals surface area contributed by atoms with Gasteiger partial charge < -0.3 is 15.2 Å². The van der Waals surface area contributed by atoms with Gasteiger partial charge in [0.2, 0.25) is 0 Å². The van der Waals surface area contributed by atoms with Crippen LogP contribution in [0.25, 0.3) is 0 Å². The molecular weight excluding hydrogens is 288 g/mol. The zero-order valence-electron chi connectivity index (χ0n) is 9.11. The van der Waals surface area contributed by atoms with Gasteiger partial charge in [-0.25, -0.2) is 4.79 Å². The zero-order chi connectivity index (χ0) is 12.8. The van der Waals surface area contributed by atoms with Gasteiger partial charge in [0.15, 0.2) is 0 Å². The molecule has 0 aliphatic heterocycles. The number of hydrogen-bond donors (Lipinski definition) is 2. The summed E-state index contributed by atoms with van der Waals surface area (Å²) in [6, 6.07) is 6.21. The second kappa shape index (κ2) is 6.23. The van der Waals surface area contributed by atoms with E-state index in [4.69, 9.17) is 10.4 Å². The molecule has 0 saturated heterocycles. The molecule has 1 aromatic carbocycles. The first-order valence-electron chi connectivity index (χ1n) is 4.77. The normalized spacial score (nSPS) is 11.4. The second-order valence-corrected chi connectivity index (χ2v) is 4.03. The van der Waals surface area contributed by atoms with Crippen molar-refractivity contribution >= 4 is 27.6 Å². The number of carbonyl (C=O) groups is 1. The molecule has 0 bridgehead atoms. The summed E-state index contributed by atoms with van der Waals surface area (Å²) in [6.45, 7) is -0.413. The lowest BCUT2D eigenvalue weighted by atomic mass is 10.1. The summed E-state index contributed by atoms with van der Waals surface area (Å²) in [5, 5.41) is 20.8. The van der Waals surface area contributed by atoms with Crippen molar-refractivity contribution in [2.75, 3.05) is 19.0 Å². The third-order valence-electron chi connectivity index (χ3n) is 2.12. The van der Waals surface area contributed by atoms with Crippen molar-refractivity contribution in [1.82, 2.24) is 0 Å². The van der Waals surface area contributed by atoms with Gasteiger partial charge >= 0.3 is 5.97 Å². The minimum atomic E-state index is -0.888. The smallest absolute Gasteiger partial charge is 0.330 e. The van der Waals surface area contributed by atoms with Gasteiger partial charge in [-0.2, -0.15) is 5.26 Å². The number of anilines is 1. The predicted molar refractivity (Wildman–Crippen MR) is 65.4 cm³/mol. The zero-order valence-corrected chi connectivity index (χ0v) is 10.7. The fraction of sp³-hybridized carbons (Fsp3) is 0.273. The Balaban J connectivity index is 2.98. The molecule has 0 heterocycles. The van der Waals surface area contributed by atoms with Gasteiger partial charge in [-0.3, -0.25) is 0 Å². The highest BCUT2D eigenvalue weighted by molar-refractivity contribution is 9.10. The van der Waals surface area contributed by atoms with E-state index in [0.717, 1.165) is 0 Å². The number of halogens is 1. The molecule has 0 radical (unpaired) electrons. The lowest BCUT2D eigenvalue weighted by molar-refractivity contribution is -0.142. The van der Waals surface area contributed by atoms with Crippen LogP contribution in [0.5, 0.6) is 0 Å². The molecule has 0 spiro atoms. The number of benzene rings is 1. The predicted octanol–water partition coefficient (Wildman–Crippen LogP) is 1.27. The fourth-order valence-corrected chi connectivity index (χ4v) is 1.72. The Kier molecular flexibility index (Phi) is 4.94. The van der Waals surface area contributed by atoms with E-state index in [9.17, 15) is 4.79 Å². The van der Waals surface area contributed by atoms with E-state index in [2.05, 4.69) is 26.0 Å². The number of carbonyl (C=O) groups excluding carboxylic acids is 1. The summed E-state index contributed by atoms with van der Waals surface area (Å²) < 4.78 is 5.14. The van der Waals surface area contributed by atoms with Crippen molar-refractivity contribution in [2.24, 2.45) is 0 Å². The molecule has 0 aliphatic rings. The standard InChI is InChI=1S/C11H11BrN2O3/c1-17-11(16)10(6-15)14-9-4-2-3-8(12)7(9)5-13/h2-4,10,14-15H,6H2,1H3. The molecule has 0 aliphatic carbocycles. The topological polar surface area (TPSA) is 82.3 Å². The monoisotopic (exact) mass is 298 g/mol. The molecule has 2 N–H and O–H groups in total. The van der Waals surface area contributed by atoms with Crippen LogP contribution in [-0.4, -0.2) is 30.8 Å². The Morgan fingerprint density at radius 2 is 2.41 bits per heavy atom. The highest BCUT2D eigenvalue weighted by Crippen LogP contribution is 2.24. The number of rotatable bonds is 4. The lowest BCUT2D eigenvalue weighted by Gasteiger charge is -2.16. The lowest BCUT2D eigenvalue weighted by Crippen LogP contribution is -2.34. The fourth-order valence-electron chi connectivity index (χ4n) is 1.27. The van der Waals surface area contributed by atoms with Crippen LogP contribution in [0.1, 0.15) is 5.56 Å². The minimum Gasteiger partial charge on any atom is -0.467 e. The number of nitriles is 1. The van der Waals surface area contributed by atoms with E-state index >= 15 is 0 Å². The Morgan fingerprint density at radius 3 is 2.94 bits per heavy atom. The maximum absolute atomic E-state index is 11.3. The summed E-state index contributed by atoms with van der Waals surface area (Å²) in [5.74, 6) is -0.587. The quantitative estimate of drug-likeness (QED) is 0.818. The van der Waals surface area contributed by atoms with E-state index in [1.165, 1.54) is 7.11 Å². The summed E-state index contributed by atoms with van der Waals surface area (Å²) in [6.07, 6.45) is 0. The average Bonchev–Trinajstić information content (AvgIpc) is 2.35. The summed E-state index contributed by atoms with van der Waals surface area (Å²) in [7, 11) is 1.23. The van der Waals surface area contributed by atoms with Crippen LogP contribution in [0.3, 0.4) is 0 Å². The largest absolute Gasteiger partial charge is 0.467 e.